The summed E-state index contributed by atoms with van der Waals surface area (Å²) in [6.07, 6.45) is -3.70. The summed E-state index contributed by atoms with van der Waals surface area (Å²) in [5.74, 6) is -0.889. The minimum atomic E-state index is -4.59. The summed E-state index contributed by atoms with van der Waals surface area (Å²) in [6, 6.07) is 12.0. The van der Waals surface area contributed by atoms with Gasteiger partial charge in [-0.2, -0.15) is 23.0 Å². The van der Waals surface area contributed by atoms with Gasteiger partial charge in [0.1, 0.15) is 5.52 Å². The van der Waals surface area contributed by atoms with E-state index in [2.05, 4.69) is 40.8 Å². The van der Waals surface area contributed by atoms with E-state index in [0.717, 1.165) is 28.7 Å². The molecule has 0 unspecified atom stereocenters. The molecule has 0 radical (unpaired) electrons. The molecule has 0 aliphatic rings. The number of thioether (sulfide) groups is 1. The molecule has 0 aliphatic carbocycles. The standard InChI is InChI=1S/C21H14F3N9O3S/c22-21(23,24)12-6-2-1-5-11(12)9-26-29-19(34)16-14(33(32-28-16)18-17(25)30-36-31-18)10-37-20-27-13-7-3-4-8-15(13)35-20/h1-9H,10H2,(H2,25,30)(H,29,34)/b26-9+. The van der Waals surface area contributed by atoms with Crippen LogP contribution in [0.25, 0.3) is 16.9 Å². The van der Waals surface area contributed by atoms with Gasteiger partial charge >= 0.3 is 6.18 Å². The minimum absolute atomic E-state index is 0.0117. The maximum Gasteiger partial charge on any atom is 0.417 e. The van der Waals surface area contributed by atoms with Crippen LogP contribution in [0.4, 0.5) is 19.0 Å². The maximum atomic E-state index is 13.2. The Morgan fingerprint density at radius 2 is 1.95 bits per heavy atom. The van der Waals surface area contributed by atoms with Gasteiger partial charge in [-0.25, -0.2) is 15.0 Å². The summed E-state index contributed by atoms with van der Waals surface area (Å²) in [7, 11) is 0. The van der Waals surface area contributed by atoms with Gasteiger partial charge in [0.25, 0.3) is 11.1 Å². The summed E-state index contributed by atoms with van der Waals surface area (Å²) >= 11 is 1.14. The van der Waals surface area contributed by atoms with E-state index in [1.54, 1.807) is 18.2 Å². The summed E-state index contributed by atoms with van der Waals surface area (Å²) in [6.45, 7) is 0. The van der Waals surface area contributed by atoms with Gasteiger partial charge in [-0.1, -0.05) is 47.3 Å². The van der Waals surface area contributed by atoms with Gasteiger partial charge in [0.05, 0.1) is 17.5 Å². The fraction of sp³-hybridized carbons (Fsp3) is 0.0952. The number of rotatable bonds is 7. The number of amides is 1. The second-order valence-corrected chi connectivity index (χ2v) is 8.22. The molecule has 0 spiro atoms. The molecule has 0 atom stereocenters. The number of halogens is 3. The number of fused-ring (bicyclic) bond motifs is 1. The van der Waals surface area contributed by atoms with Crippen LogP contribution in [0.2, 0.25) is 0 Å². The van der Waals surface area contributed by atoms with Crippen LogP contribution in [0.15, 0.2) is 67.9 Å². The minimum Gasteiger partial charge on any atom is -0.431 e. The highest BCUT2D eigenvalue weighted by atomic mass is 32.2. The maximum absolute atomic E-state index is 13.2. The zero-order valence-corrected chi connectivity index (χ0v) is 19.2. The normalized spacial score (nSPS) is 12.0. The third-order valence-electron chi connectivity index (χ3n) is 4.92. The molecule has 5 rings (SSSR count). The predicted octanol–water partition coefficient (Wildman–Crippen LogP) is 3.45. The van der Waals surface area contributed by atoms with E-state index >= 15 is 0 Å². The number of aromatic nitrogens is 6. The lowest BCUT2D eigenvalue weighted by atomic mass is 10.1. The molecule has 0 bridgehead atoms. The van der Waals surface area contributed by atoms with E-state index < -0.39 is 17.6 Å². The molecule has 188 valence electrons. The van der Waals surface area contributed by atoms with Crippen molar-refractivity contribution in [1.82, 2.24) is 35.7 Å². The number of nitrogens with zero attached hydrogens (tertiary/aromatic N) is 7. The van der Waals surface area contributed by atoms with Gasteiger partial charge in [0.2, 0.25) is 11.6 Å². The van der Waals surface area contributed by atoms with Gasteiger partial charge in [-0.3, -0.25) is 4.79 Å². The number of para-hydroxylation sites is 2. The Morgan fingerprint density at radius 1 is 1.16 bits per heavy atom. The van der Waals surface area contributed by atoms with Crippen molar-refractivity contribution in [3.8, 4) is 5.82 Å². The highest BCUT2D eigenvalue weighted by molar-refractivity contribution is 7.98. The molecule has 0 aliphatic heterocycles. The highest BCUT2D eigenvalue weighted by Crippen LogP contribution is 2.31. The molecule has 0 saturated heterocycles. The van der Waals surface area contributed by atoms with Crippen LogP contribution in [0.1, 0.15) is 27.3 Å². The Labute approximate surface area is 208 Å². The molecule has 12 nitrogen and oxygen atoms in total. The molecule has 37 heavy (non-hydrogen) atoms. The van der Waals surface area contributed by atoms with E-state index in [-0.39, 0.29) is 34.3 Å². The molecule has 3 heterocycles. The van der Waals surface area contributed by atoms with E-state index in [9.17, 15) is 18.0 Å². The van der Waals surface area contributed by atoms with Crippen LogP contribution < -0.4 is 11.2 Å². The highest BCUT2D eigenvalue weighted by Gasteiger charge is 2.32. The van der Waals surface area contributed by atoms with Crippen molar-refractivity contribution < 1.29 is 27.0 Å². The number of oxazole rings is 1. The van der Waals surface area contributed by atoms with Gasteiger partial charge < -0.3 is 10.2 Å². The second kappa shape index (κ2) is 9.73. The molecule has 0 fully saturated rings. The summed E-state index contributed by atoms with van der Waals surface area (Å²) < 4.78 is 51.1. The average Bonchev–Trinajstić information content (AvgIpc) is 3.59. The first kappa shape index (κ1) is 24.0. The second-order valence-electron chi connectivity index (χ2n) is 7.29. The first-order valence-electron chi connectivity index (χ1n) is 10.3. The SMILES string of the molecule is Nc1nonc1-n1nnc(C(=O)N/N=C/c2ccccc2C(F)(F)F)c1CSc1nc2ccccc2o1. The van der Waals surface area contributed by atoms with Crippen LogP contribution in [-0.2, 0) is 11.9 Å². The quantitative estimate of drug-likeness (QED) is 0.181. The summed E-state index contributed by atoms with van der Waals surface area (Å²) in [5, 5.41) is 18.9. The molecule has 0 saturated carbocycles. The summed E-state index contributed by atoms with van der Waals surface area (Å²) in [5.41, 5.74) is 8.05. The molecule has 5 aromatic rings. The Balaban J connectivity index is 1.40. The van der Waals surface area contributed by atoms with Crippen LogP contribution in [0.5, 0.6) is 0 Å². The number of nitrogens with one attached hydrogen (secondary N) is 1. The molecule has 1 amide bonds. The zero-order valence-electron chi connectivity index (χ0n) is 18.4. The third-order valence-corrected chi connectivity index (χ3v) is 5.76. The Kier molecular flexibility index (Phi) is 6.31. The predicted molar refractivity (Wildman–Crippen MR) is 124 cm³/mol. The monoisotopic (exact) mass is 529 g/mol. The van der Waals surface area contributed by atoms with E-state index in [1.165, 1.54) is 18.2 Å². The molecular weight excluding hydrogens is 515 g/mol. The fourth-order valence-corrected chi connectivity index (χ4v) is 4.07. The number of hydrogen-bond acceptors (Lipinski definition) is 11. The van der Waals surface area contributed by atoms with Crippen LogP contribution in [-0.4, -0.2) is 42.4 Å². The lowest BCUT2D eigenvalue weighted by Crippen LogP contribution is -2.20. The van der Waals surface area contributed by atoms with Crippen molar-refractivity contribution >= 4 is 40.8 Å². The van der Waals surface area contributed by atoms with E-state index in [4.69, 9.17) is 10.2 Å². The molecule has 2 aromatic carbocycles. The van der Waals surface area contributed by atoms with Crippen molar-refractivity contribution in [2.24, 2.45) is 5.10 Å². The van der Waals surface area contributed by atoms with E-state index in [1.807, 2.05) is 6.07 Å². The van der Waals surface area contributed by atoms with Crippen LogP contribution in [0.3, 0.4) is 0 Å². The third kappa shape index (κ3) is 4.99. The Morgan fingerprint density at radius 3 is 2.70 bits per heavy atom. The zero-order chi connectivity index (χ0) is 26.0. The smallest absolute Gasteiger partial charge is 0.417 e. The Bertz CT molecular complexity index is 1580. The van der Waals surface area contributed by atoms with Gasteiger partial charge in [0, 0.05) is 11.3 Å². The van der Waals surface area contributed by atoms with E-state index in [0.29, 0.717) is 16.3 Å². The van der Waals surface area contributed by atoms with Crippen molar-refractivity contribution in [2.45, 2.75) is 17.2 Å². The molecule has 3 aromatic heterocycles. The number of alkyl halides is 3. The van der Waals surface area contributed by atoms with Crippen molar-refractivity contribution in [1.29, 1.82) is 0 Å². The number of carbonyl (C=O) groups excluding carboxylic acids is 1. The van der Waals surface area contributed by atoms with Crippen molar-refractivity contribution in [2.75, 3.05) is 5.73 Å². The van der Waals surface area contributed by atoms with Crippen molar-refractivity contribution in [3.63, 3.8) is 0 Å². The lowest BCUT2D eigenvalue weighted by molar-refractivity contribution is -0.137. The molecular formula is C21H14F3N9O3S. The van der Waals surface area contributed by atoms with Gasteiger partial charge in [-0.15, -0.1) is 5.10 Å². The van der Waals surface area contributed by atoms with Gasteiger partial charge in [-0.05, 0) is 28.5 Å². The fourth-order valence-electron chi connectivity index (χ4n) is 3.24. The van der Waals surface area contributed by atoms with Crippen LogP contribution >= 0.6 is 11.8 Å². The lowest BCUT2D eigenvalue weighted by Gasteiger charge is -2.09. The number of hydrazone groups is 1. The van der Waals surface area contributed by atoms with Crippen molar-refractivity contribution in [3.05, 3.63) is 71.0 Å². The number of hydrogen-bond donors (Lipinski definition) is 2. The number of anilines is 1. The number of carbonyl (C=O) groups is 1. The van der Waals surface area contributed by atoms with Crippen LogP contribution in [0, 0.1) is 0 Å². The largest absolute Gasteiger partial charge is 0.431 e. The number of nitrogen functional groups attached to an aromatic ring is 1. The molecule has 3 N–H and O–H groups in total. The first-order valence-corrected chi connectivity index (χ1v) is 11.3. The first-order chi connectivity index (χ1) is 17.8. The van der Waals surface area contributed by atoms with Gasteiger partial charge in [0.15, 0.2) is 11.3 Å². The molecule has 16 heteroatoms. The topological polar surface area (TPSA) is 163 Å². The summed E-state index contributed by atoms with van der Waals surface area (Å²) in [4.78, 5) is 17.2. The Hall–Kier alpha value is -4.73. The number of benzene rings is 2. The average molecular weight is 529 g/mol. The number of nitrogens with two attached hydrogens (primary N) is 1.